The largest absolute Gasteiger partial charge is 0.486 e. The van der Waals surface area contributed by atoms with E-state index in [0.29, 0.717) is 26.2 Å². The zero-order valence-corrected chi connectivity index (χ0v) is 13.1. The molecule has 1 aliphatic heterocycles. The standard InChI is InChI=1S/C18H16N4O2/c19-5-1-2-7-22-15-11-17-16(23-8-9-24-17)10-14(15)21-18(22)13-4-3-6-20-12-13/h3-4,6,10-12H,1-2,7-9H2. The molecule has 0 spiro atoms. The molecule has 6 nitrogen and oxygen atoms in total. The Bertz CT molecular complexity index is 912. The summed E-state index contributed by atoms with van der Waals surface area (Å²) in [6.07, 6.45) is 4.82. The number of aromatic nitrogens is 3. The van der Waals surface area contributed by atoms with E-state index in [1.54, 1.807) is 12.4 Å². The van der Waals surface area contributed by atoms with Crippen molar-refractivity contribution in [3.05, 3.63) is 36.7 Å². The molecule has 6 heteroatoms. The van der Waals surface area contributed by atoms with Crippen molar-refractivity contribution < 1.29 is 9.47 Å². The quantitative estimate of drug-likeness (QED) is 0.690. The normalized spacial score (nSPS) is 13.0. The molecule has 3 heterocycles. The lowest BCUT2D eigenvalue weighted by Crippen LogP contribution is -2.15. The lowest BCUT2D eigenvalue weighted by Gasteiger charge is -2.18. The van der Waals surface area contributed by atoms with E-state index in [4.69, 9.17) is 19.7 Å². The molecule has 0 amide bonds. The van der Waals surface area contributed by atoms with Crippen LogP contribution in [0, 0.1) is 11.3 Å². The smallest absolute Gasteiger partial charge is 0.163 e. The Kier molecular flexibility index (Phi) is 3.75. The molecule has 0 N–H and O–H groups in total. The maximum atomic E-state index is 8.83. The summed E-state index contributed by atoms with van der Waals surface area (Å²) in [4.78, 5) is 8.97. The van der Waals surface area contributed by atoms with Crippen LogP contribution in [0.1, 0.15) is 12.8 Å². The van der Waals surface area contributed by atoms with Gasteiger partial charge in [0.25, 0.3) is 0 Å². The second-order valence-corrected chi connectivity index (χ2v) is 5.57. The van der Waals surface area contributed by atoms with Gasteiger partial charge in [0.1, 0.15) is 19.0 Å². The van der Waals surface area contributed by atoms with E-state index >= 15 is 0 Å². The van der Waals surface area contributed by atoms with Gasteiger partial charge in [-0.25, -0.2) is 4.98 Å². The molecule has 120 valence electrons. The number of hydrogen-bond acceptors (Lipinski definition) is 5. The van der Waals surface area contributed by atoms with Crippen LogP contribution in [0.2, 0.25) is 0 Å². The van der Waals surface area contributed by atoms with E-state index in [1.807, 2.05) is 24.3 Å². The lowest BCUT2D eigenvalue weighted by molar-refractivity contribution is 0.172. The maximum absolute atomic E-state index is 8.83. The summed E-state index contributed by atoms with van der Waals surface area (Å²) in [6.45, 7) is 1.82. The van der Waals surface area contributed by atoms with Gasteiger partial charge in [0.2, 0.25) is 0 Å². The Morgan fingerprint density at radius 1 is 1.21 bits per heavy atom. The van der Waals surface area contributed by atoms with Crippen LogP contribution in [0.15, 0.2) is 36.7 Å². The average molecular weight is 320 g/mol. The third-order valence-corrected chi connectivity index (χ3v) is 4.00. The van der Waals surface area contributed by atoms with E-state index in [1.165, 1.54) is 0 Å². The predicted octanol–water partition coefficient (Wildman–Crippen LogP) is 3.17. The first-order valence-electron chi connectivity index (χ1n) is 7.94. The van der Waals surface area contributed by atoms with Crippen molar-refractivity contribution in [1.82, 2.24) is 14.5 Å². The number of nitriles is 1. The second kappa shape index (κ2) is 6.20. The highest BCUT2D eigenvalue weighted by Crippen LogP contribution is 2.36. The number of pyridine rings is 1. The van der Waals surface area contributed by atoms with Crippen molar-refractivity contribution >= 4 is 11.0 Å². The number of benzene rings is 1. The number of fused-ring (bicyclic) bond motifs is 2. The third kappa shape index (κ3) is 2.54. The van der Waals surface area contributed by atoms with E-state index in [2.05, 4.69) is 15.6 Å². The molecular formula is C18H16N4O2. The third-order valence-electron chi connectivity index (χ3n) is 4.00. The van der Waals surface area contributed by atoms with Crippen LogP contribution in [0.4, 0.5) is 0 Å². The van der Waals surface area contributed by atoms with Crippen molar-refractivity contribution in [3.8, 4) is 29.0 Å². The zero-order chi connectivity index (χ0) is 16.4. The van der Waals surface area contributed by atoms with Gasteiger partial charge in [0.05, 0.1) is 17.1 Å². The molecule has 0 fully saturated rings. The predicted molar refractivity (Wildman–Crippen MR) is 88.8 cm³/mol. The number of unbranched alkanes of at least 4 members (excludes halogenated alkanes) is 1. The van der Waals surface area contributed by atoms with Gasteiger partial charge in [-0.3, -0.25) is 4.98 Å². The molecule has 2 aromatic heterocycles. The van der Waals surface area contributed by atoms with Crippen LogP contribution in [-0.4, -0.2) is 27.7 Å². The number of nitrogens with zero attached hydrogens (tertiary/aromatic N) is 4. The number of aryl methyl sites for hydroxylation is 1. The summed E-state index contributed by atoms with van der Waals surface area (Å²) in [5.74, 6) is 2.32. The molecule has 0 radical (unpaired) electrons. The monoisotopic (exact) mass is 320 g/mol. The average Bonchev–Trinajstić information content (AvgIpc) is 2.98. The van der Waals surface area contributed by atoms with Crippen molar-refractivity contribution in [2.45, 2.75) is 19.4 Å². The highest BCUT2D eigenvalue weighted by Gasteiger charge is 2.18. The Balaban J connectivity index is 1.87. The first kappa shape index (κ1) is 14.5. The fourth-order valence-electron chi connectivity index (χ4n) is 2.92. The van der Waals surface area contributed by atoms with Gasteiger partial charge in [-0.1, -0.05) is 0 Å². The molecular weight excluding hydrogens is 304 g/mol. The molecule has 0 aliphatic carbocycles. The lowest BCUT2D eigenvalue weighted by atomic mass is 10.2. The maximum Gasteiger partial charge on any atom is 0.163 e. The molecule has 0 saturated heterocycles. The van der Waals surface area contributed by atoms with Crippen LogP contribution in [-0.2, 0) is 6.54 Å². The van der Waals surface area contributed by atoms with E-state index in [-0.39, 0.29) is 0 Å². The van der Waals surface area contributed by atoms with E-state index in [0.717, 1.165) is 40.3 Å². The Labute approximate surface area is 139 Å². The van der Waals surface area contributed by atoms with Crippen molar-refractivity contribution in [2.75, 3.05) is 13.2 Å². The van der Waals surface area contributed by atoms with Gasteiger partial charge < -0.3 is 14.0 Å². The summed E-state index contributed by atoms with van der Waals surface area (Å²) in [6, 6.07) is 9.98. The molecule has 4 rings (SSSR count). The van der Waals surface area contributed by atoms with Crippen molar-refractivity contribution in [3.63, 3.8) is 0 Å². The fourth-order valence-corrected chi connectivity index (χ4v) is 2.92. The molecule has 0 atom stereocenters. The Hall–Kier alpha value is -3.07. The summed E-state index contributed by atoms with van der Waals surface area (Å²) in [7, 11) is 0. The van der Waals surface area contributed by atoms with E-state index in [9.17, 15) is 0 Å². The first-order valence-corrected chi connectivity index (χ1v) is 7.94. The Morgan fingerprint density at radius 3 is 2.79 bits per heavy atom. The number of imidazole rings is 1. The molecule has 0 bridgehead atoms. The second-order valence-electron chi connectivity index (χ2n) is 5.57. The van der Waals surface area contributed by atoms with Crippen LogP contribution in [0.3, 0.4) is 0 Å². The molecule has 0 unspecified atom stereocenters. The van der Waals surface area contributed by atoms with Gasteiger partial charge in [-0.2, -0.15) is 5.26 Å². The van der Waals surface area contributed by atoms with Gasteiger partial charge in [-0.15, -0.1) is 0 Å². The van der Waals surface area contributed by atoms with Gasteiger partial charge in [-0.05, 0) is 18.6 Å². The molecule has 3 aromatic rings. The zero-order valence-electron chi connectivity index (χ0n) is 13.1. The highest BCUT2D eigenvalue weighted by atomic mass is 16.6. The number of ether oxygens (including phenoxy) is 2. The van der Waals surface area contributed by atoms with Crippen LogP contribution in [0.25, 0.3) is 22.4 Å². The molecule has 1 aliphatic rings. The molecule has 1 aromatic carbocycles. The highest BCUT2D eigenvalue weighted by molar-refractivity contribution is 5.84. The fraction of sp³-hybridized carbons (Fsp3) is 0.278. The Morgan fingerprint density at radius 2 is 2.04 bits per heavy atom. The molecule has 0 saturated carbocycles. The minimum atomic E-state index is 0.511. The summed E-state index contributed by atoms with van der Waals surface area (Å²) < 4.78 is 13.5. The number of hydrogen-bond donors (Lipinski definition) is 0. The van der Waals surface area contributed by atoms with Gasteiger partial charge >= 0.3 is 0 Å². The minimum Gasteiger partial charge on any atom is -0.486 e. The van der Waals surface area contributed by atoms with Gasteiger partial charge in [0, 0.05) is 43.1 Å². The van der Waals surface area contributed by atoms with Crippen LogP contribution in [0.5, 0.6) is 11.5 Å². The van der Waals surface area contributed by atoms with Crippen molar-refractivity contribution in [1.29, 1.82) is 5.26 Å². The first-order chi connectivity index (χ1) is 11.9. The van der Waals surface area contributed by atoms with Crippen LogP contribution < -0.4 is 9.47 Å². The topological polar surface area (TPSA) is 73.0 Å². The summed E-state index contributed by atoms with van der Waals surface area (Å²) in [5, 5.41) is 8.83. The number of rotatable bonds is 4. The summed E-state index contributed by atoms with van der Waals surface area (Å²) in [5.41, 5.74) is 2.79. The SMILES string of the molecule is N#CCCCn1c(-c2cccnc2)nc2cc3c(cc21)OCCO3. The van der Waals surface area contributed by atoms with E-state index < -0.39 is 0 Å². The molecule has 24 heavy (non-hydrogen) atoms. The van der Waals surface area contributed by atoms with Crippen molar-refractivity contribution in [2.24, 2.45) is 0 Å². The summed E-state index contributed by atoms with van der Waals surface area (Å²) >= 11 is 0. The van der Waals surface area contributed by atoms with Crippen LogP contribution >= 0.6 is 0 Å². The van der Waals surface area contributed by atoms with Gasteiger partial charge in [0.15, 0.2) is 11.5 Å². The minimum absolute atomic E-state index is 0.511.